The molecule has 0 spiro atoms. The molecule has 0 atom stereocenters. The van der Waals surface area contributed by atoms with Crippen LogP contribution in [0, 0.1) is 5.92 Å². The number of hydrogen-bond acceptors (Lipinski definition) is 2. The van der Waals surface area contributed by atoms with Gasteiger partial charge in [-0.3, -0.25) is 0 Å². The van der Waals surface area contributed by atoms with Crippen molar-refractivity contribution in [1.29, 1.82) is 0 Å². The summed E-state index contributed by atoms with van der Waals surface area (Å²) in [6.07, 6.45) is 3.94. The summed E-state index contributed by atoms with van der Waals surface area (Å²) in [5, 5.41) is 3.45. The molecule has 114 valence electrons. The first-order valence-electron chi connectivity index (χ1n) is 7.86. The molecule has 0 amide bonds. The Hall–Kier alpha value is -1.61. The first-order chi connectivity index (χ1) is 10.1. The normalized spacial score (nSPS) is 11.5. The van der Waals surface area contributed by atoms with Gasteiger partial charge in [0.2, 0.25) is 0 Å². The van der Waals surface area contributed by atoms with Crippen molar-refractivity contribution in [3.8, 4) is 0 Å². The summed E-state index contributed by atoms with van der Waals surface area (Å²) >= 11 is 0. The van der Waals surface area contributed by atoms with E-state index in [0.29, 0.717) is 11.8 Å². The number of nitrogens with zero attached hydrogens (tertiary/aromatic N) is 2. The van der Waals surface area contributed by atoms with Crippen molar-refractivity contribution in [2.45, 2.75) is 46.7 Å². The molecule has 21 heavy (non-hydrogen) atoms. The molecule has 0 unspecified atom stereocenters. The largest absolute Gasteiger partial charge is 0.329 e. The highest BCUT2D eigenvalue weighted by molar-refractivity contribution is 5.25. The Morgan fingerprint density at radius 2 is 1.81 bits per heavy atom. The first-order valence-corrected chi connectivity index (χ1v) is 7.86. The lowest BCUT2D eigenvalue weighted by atomic mass is 10.0. The third-order valence-corrected chi connectivity index (χ3v) is 3.64. The van der Waals surface area contributed by atoms with Crippen molar-refractivity contribution < 1.29 is 0 Å². The van der Waals surface area contributed by atoms with Gasteiger partial charge in [-0.15, -0.1) is 0 Å². The SMILES string of the molecule is CC(C)CNCc1nccn1Cc1ccc(C(C)C)cc1. The molecule has 1 aromatic carbocycles. The van der Waals surface area contributed by atoms with E-state index in [1.807, 2.05) is 6.20 Å². The fourth-order valence-electron chi connectivity index (χ4n) is 2.33. The summed E-state index contributed by atoms with van der Waals surface area (Å²) in [7, 11) is 0. The lowest BCUT2D eigenvalue weighted by Gasteiger charge is -2.11. The van der Waals surface area contributed by atoms with Crippen LogP contribution in [0.1, 0.15) is 50.6 Å². The summed E-state index contributed by atoms with van der Waals surface area (Å²) in [6, 6.07) is 8.91. The van der Waals surface area contributed by atoms with Crippen LogP contribution in [0.4, 0.5) is 0 Å². The van der Waals surface area contributed by atoms with E-state index < -0.39 is 0 Å². The summed E-state index contributed by atoms with van der Waals surface area (Å²) < 4.78 is 2.22. The number of imidazole rings is 1. The molecule has 0 aliphatic heterocycles. The lowest BCUT2D eigenvalue weighted by molar-refractivity contribution is 0.533. The van der Waals surface area contributed by atoms with Gasteiger partial charge >= 0.3 is 0 Å². The molecule has 2 rings (SSSR count). The molecule has 2 aromatic rings. The van der Waals surface area contributed by atoms with Crippen LogP contribution < -0.4 is 5.32 Å². The Kier molecular flexibility index (Phi) is 5.57. The third kappa shape index (κ3) is 4.71. The monoisotopic (exact) mass is 285 g/mol. The smallest absolute Gasteiger partial charge is 0.122 e. The van der Waals surface area contributed by atoms with Crippen LogP contribution >= 0.6 is 0 Å². The Bertz CT molecular complexity index is 538. The Morgan fingerprint density at radius 1 is 1.10 bits per heavy atom. The summed E-state index contributed by atoms with van der Waals surface area (Å²) in [5.41, 5.74) is 2.71. The van der Waals surface area contributed by atoms with Gasteiger partial charge in [-0.2, -0.15) is 0 Å². The van der Waals surface area contributed by atoms with Crippen molar-refractivity contribution in [1.82, 2.24) is 14.9 Å². The van der Waals surface area contributed by atoms with Crippen LogP contribution in [0.2, 0.25) is 0 Å². The van der Waals surface area contributed by atoms with Gasteiger partial charge < -0.3 is 9.88 Å². The van der Waals surface area contributed by atoms with Crippen LogP contribution in [-0.2, 0) is 13.1 Å². The molecule has 0 bridgehead atoms. The van der Waals surface area contributed by atoms with Gasteiger partial charge in [0.05, 0.1) is 6.54 Å². The van der Waals surface area contributed by atoms with Gasteiger partial charge in [0, 0.05) is 18.9 Å². The number of rotatable bonds is 7. The second-order valence-electron chi connectivity index (χ2n) is 6.39. The molecule has 0 radical (unpaired) electrons. The zero-order valence-electron chi connectivity index (χ0n) is 13.6. The summed E-state index contributed by atoms with van der Waals surface area (Å²) in [4.78, 5) is 4.46. The summed E-state index contributed by atoms with van der Waals surface area (Å²) in [5.74, 6) is 2.35. The number of hydrogen-bond donors (Lipinski definition) is 1. The molecule has 3 heteroatoms. The van der Waals surface area contributed by atoms with E-state index in [2.05, 4.69) is 73.0 Å². The van der Waals surface area contributed by atoms with E-state index in [4.69, 9.17) is 0 Å². The van der Waals surface area contributed by atoms with E-state index in [1.165, 1.54) is 11.1 Å². The van der Waals surface area contributed by atoms with Crippen LogP contribution in [-0.4, -0.2) is 16.1 Å². The van der Waals surface area contributed by atoms with Gasteiger partial charge in [-0.25, -0.2) is 4.98 Å². The topological polar surface area (TPSA) is 29.9 Å². The van der Waals surface area contributed by atoms with Gasteiger partial charge in [0.15, 0.2) is 0 Å². The van der Waals surface area contributed by atoms with E-state index >= 15 is 0 Å². The molecule has 0 fully saturated rings. The van der Waals surface area contributed by atoms with E-state index in [0.717, 1.165) is 25.5 Å². The standard InChI is InChI=1S/C18H27N3/c1-14(2)11-19-12-18-20-9-10-21(18)13-16-5-7-17(8-6-16)15(3)4/h5-10,14-15,19H,11-13H2,1-4H3. The van der Waals surface area contributed by atoms with Crippen molar-refractivity contribution in [3.63, 3.8) is 0 Å². The molecule has 1 heterocycles. The van der Waals surface area contributed by atoms with Crippen molar-refractivity contribution >= 4 is 0 Å². The van der Waals surface area contributed by atoms with Gasteiger partial charge in [-0.05, 0) is 29.5 Å². The van der Waals surface area contributed by atoms with Crippen LogP contribution in [0.25, 0.3) is 0 Å². The fourth-order valence-corrected chi connectivity index (χ4v) is 2.33. The number of benzene rings is 1. The van der Waals surface area contributed by atoms with Crippen molar-refractivity contribution in [2.24, 2.45) is 5.92 Å². The van der Waals surface area contributed by atoms with Crippen LogP contribution in [0.5, 0.6) is 0 Å². The molecule has 3 nitrogen and oxygen atoms in total. The maximum Gasteiger partial charge on any atom is 0.122 e. The molecule has 1 aromatic heterocycles. The second-order valence-corrected chi connectivity index (χ2v) is 6.39. The summed E-state index contributed by atoms with van der Waals surface area (Å²) in [6.45, 7) is 11.6. The highest BCUT2D eigenvalue weighted by atomic mass is 15.1. The molecular weight excluding hydrogens is 258 g/mol. The van der Waals surface area contributed by atoms with Crippen LogP contribution in [0.3, 0.4) is 0 Å². The van der Waals surface area contributed by atoms with Gasteiger partial charge in [-0.1, -0.05) is 52.0 Å². The first kappa shape index (κ1) is 15.8. The minimum absolute atomic E-state index is 0.586. The molecule has 0 saturated carbocycles. The maximum absolute atomic E-state index is 4.46. The maximum atomic E-state index is 4.46. The highest BCUT2D eigenvalue weighted by Gasteiger charge is 2.05. The van der Waals surface area contributed by atoms with E-state index in [-0.39, 0.29) is 0 Å². The molecule has 1 N–H and O–H groups in total. The van der Waals surface area contributed by atoms with Gasteiger partial charge in [0.1, 0.15) is 5.82 Å². The Labute approximate surface area is 128 Å². The zero-order chi connectivity index (χ0) is 15.2. The zero-order valence-corrected chi connectivity index (χ0v) is 13.6. The third-order valence-electron chi connectivity index (χ3n) is 3.64. The molecular formula is C18H27N3. The second kappa shape index (κ2) is 7.41. The van der Waals surface area contributed by atoms with Gasteiger partial charge in [0.25, 0.3) is 0 Å². The minimum atomic E-state index is 0.586. The molecule has 0 aliphatic rings. The fraction of sp³-hybridized carbons (Fsp3) is 0.500. The number of nitrogens with one attached hydrogen (secondary N) is 1. The number of aromatic nitrogens is 2. The minimum Gasteiger partial charge on any atom is -0.329 e. The van der Waals surface area contributed by atoms with Crippen LogP contribution in [0.15, 0.2) is 36.7 Å². The van der Waals surface area contributed by atoms with Crippen molar-refractivity contribution in [3.05, 3.63) is 53.6 Å². The Balaban J connectivity index is 1.98. The Morgan fingerprint density at radius 3 is 2.43 bits per heavy atom. The predicted molar refractivity (Wildman–Crippen MR) is 88.4 cm³/mol. The average Bonchev–Trinajstić information content (AvgIpc) is 2.86. The highest BCUT2D eigenvalue weighted by Crippen LogP contribution is 2.15. The predicted octanol–water partition coefficient (Wildman–Crippen LogP) is 3.80. The van der Waals surface area contributed by atoms with E-state index in [1.54, 1.807) is 0 Å². The molecule has 0 aliphatic carbocycles. The average molecular weight is 285 g/mol. The van der Waals surface area contributed by atoms with Crippen molar-refractivity contribution in [2.75, 3.05) is 6.54 Å². The lowest BCUT2D eigenvalue weighted by Crippen LogP contribution is -2.21. The van der Waals surface area contributed by atoms with E-state index in [9.17, 15) is 0 Å². The quantitative estimate of drug-likeness (QED) is 0.838. The molecule has 0 saturated heterocycles.